The summed E-state index contributed by atoms with van der Waals surface area (Å²) in [6, 6.07) is 0. The summed E-state index contributed by atoms with van der Waals surface area (Å²) in [6.07, 6.45) is 7.64. The van der Waals surface area contributed by atoms with E-state index in [1.54, 1.807) is 0 Å². The predicted molar refractivity (Wildman–Crippen MR) is 120 cm³/mol. The van der Waals surface area contributed by atoms with Crippen LogP contribution in [-0.2, 0) is 4.79 Å². The molecule has 1 unspecified atom stereocenters. The minimum absolute atomic E-state index is 0.0278. The minimum atomic E-state index is -0.0278. The zero-order valence-corrected chi connectivity index (χ0v) is 20.5. The highest BCUT2D eigenvalue weighted by Gasteiger charge is 2.39. The van der Waals surface area contributed by atoms with Crippen molar-refractivity contribution in [2.24, 2.45) is 45.8 Å². The molecule has 0 aromatic rings. The van der Waals surface area contributed by atoms with Gasteiger partial charge in [-0.05, 0) is 72.5 Å². The van der Waals surface area contributed by atoms with Gasteiger partial charge in [0.1, 0.15) is 5.78 Å². The first-order valence-electron chi connectivity index (χ1n) is 11.7. The molecule has 1 heteroatoms. The molecule has 27 heavy (non-hydrogen) atoms. The van der Waals surface area contributed by atoms with E-state index in [0.717, 1.165) is 36.5 Å². The summed E-state index contributed by atoms with van der Waals surface area (Å²) in [4.78, 5) is 11.1. The first-order valence-corrected chi connectivity index (χ1v) is 11.7. The first kappa shape index (κ1) is 24.7. The minimum Gasteiger partial charge on any atom is -0.299 e. The Morgan fingerprint density at radius 1 is 0.556 bits per heavy atom. The molecule has 0 N–H and O–H groups in total. The third-order valence-corrected chi connectivity index (χ3v) is 9.90. The van der Waals surface area contributed by atoms with Gasteiger partial charge in [-0.3, -0.25) is 4.79 Å². The number of hydrogen-bond donors (Lipinski definition) is 0. The van der Waals surface area contributed by atoms with Crippen LogP contribution in [0.25, 0.3) is 0 Å². The van der Waals surface area contributed by atoms with Gasteiger partial charge in [-0.25, -0.2) is 0 Å². The summed E-state index contributed by atoms with van der Waals surface area (Å²) in [7, 11) is 0. The van der Waals surface area contributed by atoms with Crippen LogP contribution in [0.1, 0.15) is 115 Å². The van der Waals surface area contributed by atoms with E-state index in [0.29, 0.717) is 22.5 Å². The second-order valence-electron chi connectivity index (χ2n) is 12.0. The molecule has 3 aliphatic carbocycles. The average Bonchev–Trinajstić information content (AvgIpc) is 3.06. The lowest BCUT2D eigenvalue weighted by Gasteiger charge is -2.28. The molecular weight excluding hydrogens is 328 g/mol. The molecule has 3 rings (SSSR count). The summed E-state index contributed by atoms with van der Waals surface area (Å²) in [5.41, 5.74) is 1.19. The monoisotopic (exact) mass is 378 g/mol. The van der Waals surface area contributed by atoms with E-state index < -0.39 is 0 Å². The van der Waals surface area contributed by atoms with Gasteiger partial charge in [0.05, 0.1) is 0 Å². The van der Waals surface area contributed by atoms with Gasteiger partial charge >= 0.3 is 0 Å². The highest BCUT2D eigenvalue weighted by atomic mass is 16.1. The Kier molecular flexibility index (Phi) is 8.23. The van der Waals surface area contributed by atoms with Crippen molar-refractivity contribution in [1.82, 2.24) is 0 Å². The lowest BCUT2D eigenvalue weighted by atomic mass is 9.77. The molecule has 3 fully saturated rings. The van der Waals surface area contributed by atoms with Gasteiger partial charge in [0.2, 0.25) is 0 Å². The maximum Gasteiger partial charge on any atom is 0.138 e. The van der Waals surface area contributed by atoms with Crippen molar-refractivity contribution >= 4 is 5.78 Å². The van der Waals surface area contributed by atoms with Crippen LogP contribution in [0.4, 0.5) is 0 Å². The fraction of sp³-hybridized carbons (Fsp3) is 0.962. The zero-order valence-electron chi connectivity index (χ0n) is 20.5. The molecule has 5 atom stereocenters. The maximum absolute atomic E-state index is 11.1. The van der Waals surface area contributed by atoms with Crippen LogP contribution >= 0.6 is 0 Å². The van der Waals surface area contributed by atoms with Gasteiger partial charge in [-0.15, -0.1) is 0 Å². The molecule has 160 valence electrons. The van der Waals surface area contributed by atoms with Crippen LogP contribution < -0.4 is 0 Å². The molecule has 0 aliphatic heterocycles. The van der Waals surface area contributed by atoms with E-state index in [-0.39, 0.29) is 5.41 Å². The summed E-state index contributed by atoms with van der Waals surface area (Å²) in [5, 5.41) is 0. The van der Waals surface area contributed by atoms with Gasteiger partial charge in [-0.2, -0.15) is 0 Å². The zero-order chi connectivity index (χ0) is 21.2. The Hall–Kier alpha value is -0.330. The van der Waals surface area contributed by atoms with E-state index in [9.17, 15) is 4.79 Å². The van der Waals surface area contributed by atoms with Crippen LogP contribution in [0.3, 0.4) is 0 Å². The highest BCUT2D eigenvalue weighted by Crippen LogP contribution is 2.47. The molecule has 0 radical (unpaired) electrons. The quantitative estimate of drug-likeness (QED) is 0.415. The number of carbonyl (C=O) groups is 1. The van der Waals surface area contributed by atoms with E-state index >= 15 is 0 Å². The molecule has 0 aromatic carbocycles. The van der Waals surface area contributed by atoms with Crippen molar-refractivity contribution in [2.75, 3.05) is 0 Å². The van der Waals surface area contributed by atoms with Crippen molar-refractivity contribution in [3.63, 3.8) is 0 Å². The van der Waals surface area contributed by atoms with Gasteiger partial charge in [0.15, 0.2) is 0 Å². The molecule has 0 spiro atoms. The first-order chi connectivity index (χ1) is 12.1. The van der Waals surface area contributed by atoms with Crippen LogP contribution in [0.15, 0.2) is 0 Å². The predicted octanol–water partition coefficient (Wildman–Crippen LogP) is 8.17. The second kappa shape index (κ2) is 9.00. The lowest BCUT2D eigenvalue weighted by Crippen LogP contribution is -2.22. The third-order valence-electron chi connectivity index (χ3n) is 9.90. The molecule has 0 heterocycles. The number of hydrogen-bond acceptors (Lipinski definition) is 1. The summed E-state index contributed by atoms with van der Waals surface area (Å²) in [5.74, 6) is 4.78. The number of ketones is 1. The van der Waals surface area contributed by atoms with Crippen LogP contribution in [0.5, 0.6) is 0 Å². The van der Waals surface area contributed by atoms with Crippen LogP contribution in [0.2, 0.25) is 0 Å². The van der Waals surface area contributed by atoms with Crippen molar-refractivity contribution in [3.8, 4) is 0 Å². The standard InChI is InChI=1S/2C9H18.C8H14O/c2*1-7-5-6-8(2)9(7,3)4;1-6-4-5-7(9)8(6,2)3/h2*7-8H,5-6H2,1-4H3;6H,4-5H2,1-3H3/t7-,8?;7-,8+;6-/m1.1/s1. The van der Waals surface area contributed by atoms with Crippen molar-refractivity contribution < 1.29 is 4.79 Å². The SMILES string of the molecule is CC1CC[C@@H](C)C1(C)C.C[C@@H]1CCC(=O)C1(C)C.C[C@@H]1CC[C@H](C)C1(C)C. The van der Waals surface area contributed by atoms with Crippen molar-refractivity contribution in [2.45, 2.75) is 115 Å². The highest BCUT2D eigenvalue weighted by molar-refractivity contribution is 5.86. The fourth-order valence-corrected chi connectivity index (χ4v) is 4.76. The largest absolute Gasteiger partial charge is 0.299 e. The van der Waals surface area contributed by atoms with Crippen molar-refractivity contribution in [3.05, 3.63) is 0 Å². The van der Waals surface area contributed by atoms with Crippen molar-refractivity contribution in [1.29, 1.82) is 0 Å². The van der Waals surface area contributed by atoms with Crippen LogP contribution in [-0.4, -0.2) is 5.78 Å². The second-order valence-corrected chi connectivity index (χ2v) is 12.0. The number of Topliss-reactive ketones (excluding diaryl/α,β-unsaturated/α-hetero) is 1. The topological polar surface area (TPSA) is 17.1 Å². The third kappa shape index (κ3) is 5.60. The van der Waals surface area contributed by atoms with E-state index in [4.69, 9.17) is 0 Å². The molecule has 0 bridgehead atoms. The average molecular weight is 379 g/mol. The van der Waals surface area contributed by atoms with Gasteiger partial charge in [0.25, 0.3) is 0 Å². The molecule has 0 amide bonds. The Balaban J connectivity index is 0.000000202. The Morgan fingerprint density at radius 2 is 0.852 bits per heavy atom. The Bertz CT molecular complexity index is 432. The molecule has 0 aromatic heterocycles. The number of carbonyl (C=O) groups excluding carboxylic acids is 1. The van der Waals surface area contributed by atoms with Gasteiger partial charge in [-0.1, -0.05) is 76.2 Å². The molecule has 0 saturated heterocycles. The van der Waals surface area contributed by atoms with E-state index in [1.807, 2.05) is 13.8 Å². The smallest absolute Gasteiger partial charge is 0.138 e. The Morgan fingerprint density at radius 3 is 0.926 bits per heavy atom. The van der Waals surface area contributed by atoms with E-state index in [2.05, 4.69) is 62.3 Å². The van der Waals surface area contributed by atoms with Crippen LogP contribution in [0, 0.1) is 45.8 Å². The normalized spacial score (nSPS) is 38.6. The maximum atomic E-state index is 11.1. The molecule has 1 nitrogen and oxygen atoms in total. The number of rotatable bonds is 0. The molecule has 3 saturated carbocycles. The molecule has 3 aliphatic rings. The van der Waals surface area contributed by atoms with Gasteiger partial charge < -0.3 is 0 Å². The lowest BCUT2D eigenvalue weighted by molar-refractivity contribution is -0.125. The molecular formula is C26H50O. The summed E-state index contributed by atoms with van der Waals surface area (Å²) < 4.78 is 0. The van der Waals surface area contributed by atoms with Gasteiger partial charge in [0, 0.05) is 11.8 Å². The summed E-state index contributed by atoms with van der Waals surface area (Å²) in [6.45, 7) is 25.4. The summed E-state index contributed by atoms with van der Waals surface area (Å²) >= 11 is 0. The Labute approximate surface area is 171 Å². The fourth-order valence-electron chi connectivity index (χ4n) is 4.76. The van der Waals surface area contributed by atoms with E-state index in [1.165, 1.54) is 25.7 Å².